The third-order valence-electron chi connectivity index (χ3n) is 6.54. The molecule has 5 rings (SSSR count). The second-order valence-corrected chi connectivity index (χ2v) is 8.98. The van der Waals surface area contributed by atoms with E-state index in [1.165, 1.54) is 0 Å². The van der Waals surface area contributed by atoms with E-state index in [1.807, 2.05) is 44.4 Å². The number of benzene rings is 2. The van der Waals surface area contributed by atoms with Crippen LogP contribution in [0.3, 0.4) is 0 Å². The summed E-state index contributed by atoms with van der Waals surface area (Å²) in [7, 11) is 4.13. The van der Waals surface area contributed by atoms with Crippen LogP contribution in [0.25, 0.3) is 22.0 Å². The number of amides is 1. The number of anilines is 1. The number of imidazole rings is 1. The number of fused-ring (bicyclic) bond motifs is 1. The first kappa shape index (κ1) is 22.1. The average Bonchev–Trinajstić information content (AvgIpc) is 3.18. The number of likely N-dealkylation sites (tertiary alicyclic amines) is 1. The highest BCUT2D eigenvalue weighted by Crippen LogP contribution is 2.26. The predicted octanol–water partition coefficient (Wildman–Crippen LogP) is 4.67. The van der Waals surface area contributed by atoms with Crippen molar-refractivity contribution in [2.75, 3.05) is 25.5 Å². The van der Waals surface area contributed by atoms with Gasteiger partial charge >= 0.3 is 0 Å². The number of nitrogens with zero attached hydrogens (tertiary/aromatic N) is 4. The summed E-state index contributed by atoms with van der Waals surface area (Å²) >= 11 is 0. The fourth-order valence-electron chi connectivity index (χ4n) is 4.33. The minimum atomic E-state index is -0.209. The van der Waals surface area contributed by atoms with Crippen LogP contribution in [-0.4, -0.2) is 51.6 Å². The van der Waals surface area contributed by atoms with Crippen LogP contribution in [0.2, 0.25) is 0 Å². The fraction of sp³-hybridized carbons (Fsp3) is 0.296. The van der Waals surface area contributed by atoms with Crippen LogP contribution in [0.1, 0.15) is 29.0 Å². The summed E-state index contributed by atoms with van der Waals surface area (Å²) in [6, 6.07) is 15.5. The van der Waals surface area contributed by atoms with E-state index in [0.717, 1.165) is 59.5 Å². The Hall–Kier alpha value is -3.71. The molecule has 1 amide bonds. The molecule has 3 heterocycles. The normalized spacial score (nSPS) is 14.9. The first-order chi connectivity index (χ1) is 16.5. The number of pyridine rings is 1. The summed E-state index contributed by atoms with van der Waals surface area (Å²) < 4.78 is 8.20. The monoisotopic (exact) mass is 455 g/mol. The summed E-state index contributed by atoms with van der Waals surface area (Å²) in [4.78, 5) is 24.1. The molecule has 34 heavy (non-hydrogen) atoms. The number of nitrogens with one attached hydrogen (secondary N) is 1. The topological polar surface area (TPSA) is 72.3 Å². The fourth-order valence-corrected chi connectivity index (χ4v) is 4.33. The SMILES string of the molecule is Cc1ncc(-c2ccc3cnc(NC(=O)c4cccc(OC5CCN(C)CC5)c4)cc3c2)n1C. The van der Waals surface area contributed by atoms with E-state index < -0.39 is 0 Å². The molecule has 0 radical (unpaired) electrons. The Labute approximate surface area is 199 Å². The molecule has 174 valence electrons. The molecule has 0 bridgehead atoms. The molecule has 4 aromatic rings. The molecule has 1 saturated heterocycles. The molecule has 0 saturated carbocycles. The number of carbonyl (C=O) groups excluding carboxylic acids is 1. The number of carbonyl (C=O) groups is 1. The maximum Gasteiger partial charge on any atom is 0.256 e. The van der Waals surface area contributed by atoms with Crippen molar-refractivity contribution in [2.24, 2.45) is 7.05 Å². The second-order valence-electron chi connectivity index (χ2n) is 8.98. The molecule has 0 spiro atoms. The van der Waals surface area contributed by atoms with E-state index in [1.54, 1.807) is 18.3 Å². The molecule has 0 atom stereocenters. The Morgan fingerprint density at radius 2 is 1.82 bits per heavy atom. The molecular weight excluding hydrogens is 426 g/mol. The Bertz CT molecular complexity index is 1340. The lowest BCUT2D eigenvalue weighted by atomic mass is 10.1. The summed E-state index contributed by atoms with van der Waals surface area (Å²) in [5.74, 6) is 1.99. The van der Waals surface area contributed by atoms with Gasteiger partial charge in [-0.05, 0) is 62.5 Å². The van der Waals surface area contributed by atoms with Crippen molar-refractivity contribution < 1.29 is 9.53 Å². The molecule has 0 unspecified atom stereocenters. The van der Waals surface area contributed by atoms with Crippen molar-refractivity contribution in [1.82, 2.24) is 19.4 Å². The first-order valence-electron chi connectivity index (χ1n) is 11.6. The van der Waals surface area contributed by atoms with Gasteiger partial charge in [-0.1, -0.05) is 18.2 Å². The van der Waals surface area contributed by atoms with Crippen molar-refractivity contribution in [1.29, 1.82) is 0 Å². The summed E-state index contributed by atoms with van der Waals surface area (Å²) in [6.07, 6.45) is 5.83. The number of piperidine rings is 1. The standard InChI is InChI=1S/C27H29N5O2/c1-18-28-17-25(32(18)3)19-7-8-21-16-29-26(15-22(21)13-19)30-27(33)20-5-4-6-24(14-20)34-23-9-11-31(2)12-10-23/h4-8,13-17,23H,9-12H2,1-3H3,(H,29,30,33). The van der Waals surface area contributed by atoms with Gasteiger partial charge in [0.2, 0.25) is 0 Å². The Morgan fingerprint density at radius 3 is 2.59 bits per heavy atom. The quantitative estimate of drug-likeness (QED) is 0.474. The zero-order valence-electron chi connectivity index (χ0n) is 19.8. The van der Waals surface area contributed by atoms with Crippen molar-refractivity contribution in [3.05, 3.63) is 72.3 Å². The second kappa shape index (κ2) is 9.27. The van der Waals surface area contributed by atoms with E-state index >= 15 is 0 Å². The molecule has 1 N–H and O–H groups in total. The maximum atomic E-state index is 12.9. The zero-order chi connectivity index (χ0) is 23.7. The summed E-state index contributed by atoms with van der Waals surface area (Å²) in [5.41, 5.74) is 2.66. The summed E-state index contributed by atoms with van der Waals surface area (Å²) in [6.45, 7) is 4.04. The number of hydrogen-bond donors (Lipinski definition) is 1. The Morgan fingerprint density at radius 1 is 1.00 bits per heavy atom. The molecule has 2 aromatic heterocycles. The number of rotatable bonds is 5. The third kappa shape index (κ3) is 4.65. The van der Waals surface area contributed by atoms with Crippen LogP contribution >= 0.6 is 0 Å². The molecular formula is C27H29N5O2. The molecule has 1 aliphatic heterocycles. The van der Waals surface area contributed by atoms with E-state index in [9.17, 15) is 4.79 Å². The highest BCUT2D eigenvalue weighted by atomic mass is 16.5. The highest BCUT2D eigenvalue weighted by molar-refractivity contribution is 6.04. The van der Waals surface area contributed by atoms with Gasteiger partial charge in [-0.2, -0.15) is 0 Å². The van der Waals surface area contributed by atoms with Gasteiger partial charge in [0.1, 0.15) is 23.5 Å². The minimum absolute atomic E-state index is 0.189. The maximum absolute atomic E-state index is 12.9. The van der Waals surface area contributed by atoms with Crippen LogP contribution in [0.15, 0.2) is 60.9 Å². The summed E-state index contributed by atoms with van der Waals surface area (Å²) in [5, 5.41) is 4.94. The molecule has 1 fully saturated rings. The number of ether oxygens (including phenoxy) is 1. The van der Waals surface area contributed by atoms with Crippen molar-refractivity contribution in [3.63, 3.8) is 0 Å². The van der Waals surface area contributed by atoms with E-state index in [0.29, 0.717) is 11.4 Å². The van der Waals surface area contributed by atoms with Gasteiger partial charge in [-0.25, -0.2) is 9.97 Å². The van der Waals surface area contributed by atoms with Crippen molar-refractivity contribution in [2.45, 2.75) is 25.9 Å². The van der Waals surface area contributed by atoms with Gasteiger partial charge in [-0.3, -0.25) is 4.79 Å². The highest BCUT2D eigenvalue weighted by Gasteiger charge is 2.18. The number of hydrogen-bond acceptors (Lipinski definition) is 5. The zero-order valence-corrected chi connectivity index (χ0v) is 19.8. The van der Waals surface area contributed by atoms with Gasteiger partial charge in [0.25, 0.3) is 5.91 Å². The van der Waals surface area contributed by atoms with E-state index in [4.69, 9.17) is 4.74 Å². The van der Waals surface area contributed by atoms with E-state index in [-0.39, 0.29) is 12.0 Å². The van der Waals surface area contributed by atoms with Gasteiger partial charge in [0.15, 0.2) is 0 Å². The largest absolute Gasteiger partial charge is 0.490 e. The van der Waals surface area contributed by atoms with Crippen LogP contribution in [0.5, 0.6) is 5.75 Å². The molecule has 0 aliphatic carbocycles. The van der Waals surface area contributed by atoms with Crippen LogP contribution in [0.4, 0.5) is 5.82 Å². The van der Waals surface area contributed by atoms with Crippen LogP contribution < -0.4 is 10.1 Å². The predicted molar refractivity (Wildman–Crippen MR) is 134 cm³/mol. The molecule has 1 aliphatic rings. The lowest BCUT2D eigenvalue weighted by molar-refractivity contribution is 0.102. The smallest absolute Gasteiger partial charge is 0.256 e. The Balaban J connectivity index is 1.32. The van der Waals surface area contributed by atoms with Crippen LogP contribution in [0, 0.1) is 6.92 Å². The Kier molecular flexibility index (Phi) is 6.02. The number of aryl methyl sites for hydroxylation is 1. The van der Waals surface area contributed by atoms with Gasteiger partial charge in [0, 0.05) is 42.8 Å². The van der Waals surface area contributed by atoms with Gasteiger partial charge in [0.05, 0.1) is 11.9 Å². The molecule has 7 heteroatoms. The lowest BCUT2D eigenvalue weighted by Gasteiger charge is -2.29. The van der Waals surface area contributed by atoms with Crippen molar-refractivity contribution in [3.8, 4) is 17.0 Å². The van der Waals surface area contributed by atoms with Crippen molar-refractivity contribution >= 4 is 22.5 Å². The molecule has 7 nitrogen and oxygen atoms in total. The van der Waals surface area contributed by atoms with Crippen LogP contribution in [-0.2, 0) is 7.05 Å². The lowest BCUT2D eigenvalue weighted by Crippen LogP contribution is -2.35. The van der Waals surface area contributed by atoms with Gasteiger partial charge in [-0.15, -0.1) is 0 Å². The molecule has 2 aromatic carbocycles. The average molecular weight is 456 g/mol. The minimum Gasteiger partial charge on any atom is -0.490 e. The van der Waals surface area contributed by atoms with Gasteiger partial charge < -0.3 is 19.5 Å². The first-order valence-corrected chi connectivity index (χ1v) is 11.6. The third-order valence-corrected chi connectivity index (χ3v) is 6.54. The number of aromatic nitrogens is 3. The van der Waals surface area contributed by atoms with E-state index in [2.05, 4.69) is 43.9 Å².